The molecule has 1 aliphatic heterocycles. The van der Waals surface area contributed by atoms with Crippen LogP contribution in [-0.2, 0) is 4.74 Å². The fourth-order valence-corrected chi connectivity index (χ4v) is 3.21. The first kappa shape index (κ1) is 20.1. The Hall–Kier alpha value is -3.23. The third-order valence-electron chi connectivity index (χ3n) is 4.82. The van der Waals surface area contributed by atoms with Crippen molar-refractivity contribution in [1.82, 2.24) is 15.0 Å². The summed E-state index contributed by atoms with van der Waals surface area (Å²) >= 11 is 0. The Morgan fingerprint density at radius 2 is 1.87 bits per heavy atom. The molecule has 0 radical (unpaired) electrons. The molecule has 0 bridgehead atoms. The summed E-state index contributed by atoms with van der Waals surface area (Å²) in [6.45, 7) is 5.20. The van der Waals surface area contributed by atoms with Gasteiger partial charge in [-0.05, 0) is 43.3 Å². The third-order valence-corrected chi connectivity index (χ3v) is 4.82. The van der Waals surface area contributed by atoms with Crippen LogP contribution in [0.2, 0.25) is 0 Å². The van der Waals surface area contributed by atoms with Gasteiger partial charge in [0.25, 0.3) is 0 Å². The molecule has 0 aliphatic carbocycles. The van der Waals surface area contributed by atoms with Crippen LogP contribution in [0.25, 0.3) is 11.4 Å². The molecule has 1 saturated heterocycles. The second-order valence-electron chi connectivity index (χ2n) is 7.18. The van der Waals surface area contributed by atoms with E-state index in [1.807, 2.05) is 43.3 Å². The largest absolute Gasteiger partial charge is 0.394 e. The molecule has 2 aromatic heterocycles. The van der Waals surface area contributed by atoms with Crippen molar-refractivity contribution in [2.24, 2.45) is 0 Å². The summed E-state index contributed by atoms with van der Waals surface area (Å²) in [7, 11) is 0. The van der Waals surface area contributed by atoms with Gasteiger partial charge in [0.15, 0.2) is 0 Å². The highest BCUT2D eigenvalue weighted by molar-refractivity contribution is 5.66. The number of rotatable bonds is 7. The Morgan fingerprint density at radius 1 is 1.07 bits per heavy atom. The van der Waals surface area contributed by atoms with Gasteiger partial charge in [-0.15, -0.1) is 0 Å². The van der Waals surface area contributed by atoms with Crippen molar-refractivity contribution < 1.29 is 9.84 Å². The van der Waals surface area contributed by atoms with Crippen molar-refractivity contribution in [3.63, 3.8) is 0 Å². The number of hydrogen-bond acceptors (Lipinski definition) is 8. The van der Waals surface area contributed by atoms with E-state index in [2.05, 4.69) is 42.6 Å². The van der Waals surface area contributed by atoms with E-state index >= 15 is 0 Å². The SMILES string of the molecule is C[C@@H](CO)Nc1nc(Nc2ccc(N3CCOCC3)cc2)cc(-c2ccccn2)n1. The molecule has 1 fully saturated rings. The Morgan fingerprint density at radius 3 is 2.57 bits per heavy atom. The summed E-state index contributed by atoms with van der Waals surface area (Å²) in [5.41, 5.74) is 3.56. The Kier molecular flexibility index (Phi) is 6.36. The number of ether oxygens (including phenoxy) is 1. The van der Waals surface area contributed by atoms with E-state index in [0.717, 1.165) is 37.7 Å². The Labute approximate surface area is 176 Å². The maximum Gasteiger partial charge on any atom is 0.225 e. The number of aliphatic hydroxyl groups is 1. The number of aromatic nitrogens is 3. The van der Waals surface area contributed by atoms with Gasteiger partial charge in [-0.2, -0.15) is 4.98 Å². The lowest BCUT2D eigenvalue weighted by atomic mass is 10.2. The van der Waals surface area contributed by atoms with Crippen molar-refractivity contribution in [2.75, 3.05) is 48.4 Å². The molecule has 1 aliphatic rings. The zero-order valence-corrected chi connectivity index (χ0v) is 17.0. The van der Waals surface area contributed by atoms with E-state index in [-0.39, 0.29) is 12.6 Å². The normalized spacial score (nSPS) is 14.9. The van der Waals surface area contributed by atoms with E-state index < -0.39 is 0 Å². The van der Waals surface area contributed by atoms with Crippen molar-refractivity contribution in [1.29, 1.82) is 0 Å². The Balaban J connectivity index is 1.57. The molecular weight excluding hydrogens is 380 g/mol. The fraction of sp³-hybridized carbons (Fsp3) is 0.318. The maximum atomic E-state index is 9.36. The van der Waals surface area contributed by atoms with E-state index in [0.29, 0.717) is 17.5 Å². The number of nitrogens with one attached hydrogen (secondary N) is 2. The smallest absolute Gasteiger partial charge is 0.225 e. The summed E-state index contributed by atoms with van der Waals surface area (Å²) in [5, 5.41) is 15.8. The van der Waals surface area contributed by atoms with E-state index in [1.165, 1.54) is 5.69 Å². The molecule has 3 aromatic rings. The van der Waals surface area contributed by atoms with Crippen molar-refractivity contribution in [2.45, 2.75) is 13.0 Å². The maximum absolute atomic E-state index is 9.36. The monoisotopic (exact) mass is 406 g/mol. The lowest BCUT2D eigenvalue weighted by Gasteiger charge is -2.28. The first-order valence-corrected chi connectivity index (χ1v) is 10.1. The summed E-state index contributed by atoms with van der Waals surface area (Å²) in [5.74, 6) is 1.09. The average molecular weight is 406 g/mol. The van der Waals surface area contributed by atoms with Crippen LogP contribution in [0, 0.1) is 0 Å². The third kappa shape index (κ3) is 5.03. The van der Waals surface area contributed by atoms with E-state index in [1.54, 1.807) is 6.20 Å². The minimum Gasteiger partial charge on any atom is -0.394 e. The first-order valence-electron chi connectivity index (χ1n) is 10.1. The standard InChI is InChI=1S/C22H26N6O2/c1-16(15-29)24-22-26-20(19-4-2-3-9-23-19)14-21(27-22)25-17-5-7-18(8-6-17)28-10-12-30-13-11-28/h2-9,14,16,29H,10-13,15H2,1H3,(H2,24,25,26,27)/t16-/m0/s1. The van der Waals surface area contributed by atoms with Gasteiger partial charge in [-0.25, -0.2) is 4.98 Å². The predicted octanol–water partition coefficient (Wildman–Crippen LogP) is 2.91. The van der Waals surface area contributed by atoms with Crippen LogP contribution in [0.15, 0.2) is 54.7 Å². The average Bonchev–Trinajstić information content (AvgIpc) is 2.80. The second kappa shape index (κ2) is 9.51. The summed E-state index contributed by atoms with van der Waals surface area (Å²) in [6.07, 6.45) is 1.73. The molecule has 0 amide bonds. The van der Waals surface area contributed by atoms with Gasteiger partial charge < -0.3 is 25.4 Å². The molecule has 0 unspecified atom stereocenters. The summed E-state index contributed by atoms with van der Waals surface area (Å²) in [6, 6.07) is 15.7. The van der Waals surface area contributed by atoms with Crippen molar-refractivity contribution in [3.8, 4) is 11.4 Å². The molecule has 1 atom stereocenters. The zero-order valence-electron chi connectivity index (χ0n) is 17.0. The molecule has 1 aromatic carbocycles. The quantitative estimate of drug-likeness (QED) is 0.551. The van der Waals surface area contributed by atoms with Crippen LogP contribution in [-0.4, -0.2) is 59.0 Å². The lowest BCUT2D eigenvalue weighted by molar-refractivity contribution is 0.122. The van der Waals surface area contributed by atoms with Crippen LogP contribution in [0.5, 0.6) is 0 Å². The summed E-state index contributed by atoms with van der Waals surface area (Å²) < 4.78 is 5.42. The number of aliphatic hydroxyl groups excluding tert-OH is 1. The molecule has 8 heteroatoms. The van der Waals surface area contributed by atoms with Crippen LogP contribution in [0.4, 0.5) is 23.1 Å². The molecule has 30 heavy (non-hydrogen) atoms. The summed E-state index contributed by atoms with van der Waals surface area (Å²) in [4.78, 5) is 15.8. The van der Waals surface area contributed by atoms with Gasteiger partial charge >= 0.3 is 0 Å². The fourth-order valence-electron chi connectivity index (χ4n) is 3.21. The number of anilines is 4. The Bertz CT molecular complexity index is 946. The molecule has 156 valence electrons. The van der Waals surface area contributed by atoms with Gasteiger partial charge in [-0.1, -0.05) is 6.07 Å². The molecule has 3 heterocycles. The molecule has 8 nitrogen and oxygen atoms in total. The van der Waals surface area contributed by atoms with E-state index in [4.69, 9.17) is 4.74 Å². The highest BCUT2D eigenvalue weighted by Crippen LogP contribution is 2.24. The molecule has 3 N–H and O–H groups in total. The zero-order chi connectivity index (χ0) is 20.8. The lowest BCUT2D eigenvalue weighted by Crippen LogP contribution is -2.36. The highest BCUT2D eigenvalue weighted by atomic mass is 16.5. The van der Waals surface area contributed by atoms with Crippen molar-refractivity contribution in [3.05, 3.63) is 54.7 Å². The van der Waals surface area contributed by atoms with Gasteiger partial charge in [0.2, 0.25) is 5.95 Å². The predicted molar refractivity (Wildman–Crippen MR) is 118 cm³/mol. The van der Waals surface area contributed by atoms with E-state index in [9.17, 15) is 5.11 Å². The number of pyridine rings is 1. The second-order valence-corrected chi connectivity index (χ2v) is 7.18. The van der Waals surface area contributed by atoms with Crippen LogP contribution in [0.3, 0.4) is 0 Å². The van der Waals surface area contributed by atoms with Crippen LogP contribution >= 0.6 is 0 Å². The number of morpholine rings is 1. The van der Waals surface area contributed by atoms with Gasteiger partial charge in [0.05, 0.1) is 31.2 Å². The van der Waals surface area contributed by atoms with Gasteiger partial charge in [0, 0.05) is 42.8 Å². The molecule has 0 spiro atoms. The molecular formula is C22H26N6O2. The topological polar surface area (TPSA) is 95.4 Å². The molecule has 0 saturated carbocycles. The number of nitrogens with zero attached hydrogens (tertiary/aromatic N) is 4. The van der Waals surface area contributed by atoms with Crippen LogP contribution in [0.1, 0.15) is 6.92 Å². The molecule has 4 rings (SSSR count). The number of benzene rings is 1. The minimum absolute atomic E-state index is 0.0110. The minimum atomic E-state index is -0.162. The van der Waals surface area contributed by atoms with Gasteiger partial charge in [-0.3, -0.25) is 4.98 Å². The van der Waals surface area contributed by atoms with Crippen LogP contribution < -0.4 is 15.5 Å². The van der Waals surface area contributed by atoms with Crippen molar-refractivity contribution >= 4 is 23.1 Å². The number of hydrogen-bond donors (Lipinski definition) is 3. The van der Waals surface area contributed by atoms with Gasteiger partial charge in [0.1, 0.15) is 5.82 Å². The first-order chi connectivity index (χ1) is 14.7. The highest BCUT2D eigenvalue weighted by Gasteiger charge is 2.12.